The molecule has 0 radical (unpaired) electrons. The number of aryl methyl sites for hydroxylation is 1. The molecule has 2 heteroatoms. The number of nitrogens with one attached hydrogen (secondary N) is 1. The van der Waals surface area contributed by atoms with Crippen molar-refractivity contribution >= 4 is 21.6 Å². The Morgan fingerprint density at radius 3 is 2.19 bits per heavy atom. The van der Waals surface area contributed by atoms with Crippen LogP contribution in [0.4, 0.5) is 5.69 Å². The molecule has 1 N–H and O–H groups in total. The lowest BCUT2D eigenvalue weighted by Crippen LogP contribution is -2.12. The summed E-state index contributed by atoms with van der Waals surface area (Å²) in [6, 6.07) is 15.5. The minimum atomic E-state index is 0.204. The largest absolute Gasteiger partial charge is 0.378 e. The van der Waals surface area contributed by atoms with Crippen LogP contribution >= 0.6 is 15.9 Å². The lowest BCUT2D eigenvalue weighted by molar-refractivity contribution is 0.589. The Labute approximate surface area is 136 Å². The number of halogens is 1. The van der Waals surface area contributed by atoms with E-state index in [0.29, 0.717) is 0 Å². The smallest absolute Gasteiger partial charge is 0.0485 e. The fraction of sp³-hybridized carbons (Fsp3) is 0.368. The molecule has 0 aliphatic rings. The second-order valence-electron chi connectivity index (χ2n) is 6.70. The van der Waals surface area contributed by atoms with Gasteiger partial charge in [-0.05, 0) is 48.1 Å². The lowest BCUT2D eigenvalue weighted by Gasteiger charge is -2.21. The molecule has 0 aliphatic carbocycles. The average molecular weight is 346 g/mol. The van der Waals surface area contributed by atoms with E-state index in [1.54, 1.807) is 0 Å². The molecule has 0 saturated heterocycles. The first-order valence-electron chi connectivity index (χ1n) is 7.40. The summed E-state index contributed by atoms with van der Waals surface area (Å²) in [5, 5.41) is 3.60. The highest BCUT2D eigenvalue weighted by atomic mass is 79.9. The third-order valence-corrected chi connectivity index (χ3v) is 4.34. The first kappa shape index (κ1) is 16.1. The summed E-state index contributed by atoms with van der Waals surface area (Å²) in [7, 11) is 0. The molecule has 0 spiro atoms. The van der Waals surface area contributed by atoms with Crippen molar-refractivity contribution in [2.75, 3.05) is 5.32 Å². The maximum Gasteiger partial charge on any atom is 0.0485 e. The Kier molecular flexibility index (Phi) is 4.77. The SMILES string of the molecule is Cc1ccc(Br)cc1NC(C)c1ccc(C(C)(C)C)cc1. The predicted molar refractivity (Wildman–Crippen MR) is 96.1 cm³/mol. The van der Waals surface area contributed by atoms with Gasteiger partial charge in [-0.2, -0.15) is 0 Å². The number of hydrogen-bond acceptors (Lipinski definition) is 1. The highest BCUT2D eigenvalue weighted by molar-refractivity contribution is 9.10. The molecular formula is C19H24BrN. The van der Waals surface area contributed by atoms with Crippen LogP contribution in [-0.4, -0.2) is 0 Å². The molecule has 2 aromatic rings. The summed E-state index contributed by atoms with van der Waals surface area (Å²) in [5.74, 6) is 0. The third-order valence-electron chi connectivity index (χ3n) is 3.85. The zero-order valence-electron chi connectivity index (χ0n) is 13.5. The van der Waals surface area contributed by atoms with E-state index in [0.717, 1.165) is 4.47 Å². The van der Waals surface area contributed by atoms with E-state index in [1.165, 1.54) is 22.4 Å². The maximum atomic E-state index is 3.60. The van der Waals surface area contributed by atoms with Crippen molar-refractivity contribution in [3.05, 3.63) is 63.6 Å². The molecule has 0 fully saturated rings. The monoisotopic (exact) mass is 345 g/mol. The molecule has 112 valence electrons. The van der Waals surface area contributed by atoms with Crippen molar-refractivity contribution in [3.63, 3.8) is 0 Å². The standard InChI is InChI=1S/C19H24BrN/c1-13-6-11-17(20)12-18(13)21-14(2)15-7-9-16(10-8-15)19(3,4)5/h6-12,14,21H,1-5H3. The van der Waals surface area contributed by atoms with Crippen LogP contribution < -0.4 is 5.32 Å². The Balaban J connectivity index is 2.17. The molecule has 0 saturated carbocycles. The van der Waals surface area contributed by atoms with E-state index in [2.05, 4.69) is 98.3 Å². The molecule has 1 unspecified atom stereocenters. The third kappa shape index (κ3) is 4.10. The molecule has 0 amide bonds. The van der Waals surface area contributed by atoms with Gasteiger partial charge >= 0.3 is 0 Å². The number of hydrogen-bond donors (Lipinski definition) is 1. The predicted octanol–water partition coefficient (Wildman–Crippen LogP) is 6.23. The van der Waals surface area contributed by atoms with Gasteiger partial charge in [0.25, 0.3) is 0 Å². The zero-order valence-corrected chi connectivity index (χ0v) is 15.1. The fourth-order valence-electron chi connectivity index (χ4n) is 2.34. The van der Waals surface area contributed by atoms with E-state index >= 15 is 0 Å². The Hall–Kier alpha value is -1.28. The van der Waals surface area contributed by atoms with Crippen molar-refractivity contribution in [3.8, 4) is 0 Å². The van der Waals surface area contributed by atoms with Crippen LogP contribution in [0.3, 0.4) is 0 Å². The Morgan fingerprint density at radius 1 is 1.00 bits per heavy atom. The first-order valence-corrected chi connectivity index (χ1v) is 8.20. The first-order chi connectivity index (χ1) is 9.77. The summed E-state index contributed by atoms with van der Waals surface area (Å²) in [6.07, 6.45) is 0. The van der Waals surface area contributed by atoms with Crippen LogP contribution in [0.1, 0.15) is 50.4 Å². The molecule has 2 rings (SSSR count). The highest BCUT2D eigenvalue weighted by Crippen LogP contribution is 2.27. The minimum Gasteiger partial charge on any atom is -0.378 e. The van der Waals surface area contributed by atoms with E-state index in [9.17, 15) is 0 Å². The second-order valence-corrected chi connectivity index (χ2v) is 7.61. The summed E-state index contributed by atoms with van der Waals surface area (Å²) < 4.78 is 1.10. The molecule has 0 aliphatic heterocycles. The number of rotatable bonds is 3. The van der Waals surface area contributed by atoms with Gasteiger partial charge in [0.05, 0.1) is 0 Å². The van der Waals surface area contributed by atoms with Crippen molar-refractivity contribution in [2.24, 2.45) is 0 Å². The molecule has 21 heavy (non-hydrogen) atoms. The normalized spacial score (nSPS) is 13.0. The van der Waals surface area contributed by atoms with Gasteiger partial charge in [0.15, 0.2) is 0 Å². The van der Waals surface area contributed by atoms with Gasteiger partial charge in [-0.15, -0.1) is 0 Å². The van der Waals surface area contributed by atoms with E-state index in [1.807, 2.05) is 0 Å². The van der Waals surface area contributed by atoms with Crippen LogP contribution in [-0.2, 0) is 5.41 Å². The summed E-state index contributed by atoms with van der Waals surface area (Å²) in [4.78, 5) is 0. The van der Waals surface area contributed by atoms with E-state index in [4.69, 9.17) is 0 Å². The summed E-state index contributed by atoms with van der Waals surface area (Å²) in [5.41, 5.74) is 5.32. The van der Waals surface area contributed by atoms with Crippen molar-refractivity contribution in [2.45, 2.75) is 46.1 Å². The minimum absolute atomic E-state index is 0.204. The molecule has 1 nitrogen and oxygen atoms in total. The molecule has 0 heterocycles. The van der Waals surface area contributed by atoms with Crippen LogP contribution in [0.15, 0.2) is 46.9 Å². The number of anilines is 1. The van der Waals surface area contributed by atoms with Crippen molar-refractivity contribution < 1.29 is 0 Å². The van der Waals surface area contributed by atoms with Crippen molar-refractivity contribution in [1.29, 1.82) is 0 Å². The molecule has 0 bridgehead atoms. The second kappa shape index (κ2) is 6.23. The zero-order chi connectivity index (χ0) is 15.6. The van der Waals surface area contributed by atoms with Crippen LogP contribution in [0.5, 0.6) is 0 Å². The van der Waals surface area contributed by atoms with E-state index in [-0.39, 0.29) is 11.5 Å². The highest BCUT2D eigenvalue weighted by Gasteiger charge is 2.14. The lowest BCUT2D eigenvalue weighted by atomic mass is 9.86. The van der Waals surface area contributed by atoms with Gasteiger partial charge in [0, 0.05) is 16.2 Å². The Bertz CT molecular complexity index is 608. The topological polar surface area (TPSA) is 12.0 Å². The van der Waals surface area contributed by atoms with Gasteiger partial charge in [-0.3, -0.25) is 0 Å². The van der Waals surface area contributed by atoms with Crippen molar-refractivity contribution in [1.82, 2.24) is 0 Å². The maximum absolute atomic E-state index is 3.60. The van der Waals surface area contributed by atoms with Gasteiger partial charge in [0.1, 0.15) is 0 Å². The Morgan fingerprint density at radius 2 is 1.62 bits per heavy atom. The fourth-order valence-corrected chi connectivity index (χ4v) is 2.70. The average Bonchev–Trinajstić information content (AvgIpc) is 2.42. The van der Waals surface area contributed by atoms with E-state index < -0.39 is 0 Å². The van der Waals surface area contributed by atoms with Crippen LogP contribution in [0, 0.1) is 6.92 Å². The van der Waals surface area contributed by atoms with Gasteiger partial charge in [-0.25, -0.2) is 0 Å². The molecule has 0 aromatic heterocycles. The molecule has 2 aromatic carbocycles. The van der Waals surface area contributed by atoms with Gasteiger partial charge < -0.3 is 5.32 Å². The number of benzene rings is 2. The van der Waals surface area contributed by atoms with Crippen LogP contribution in [0.2, 0.25) is 0 Å². The molecule has 1 atom stereocenters. The quantitative estimate of drug-likeness (QED) is 0.695. The van der Waals surface area contributed by atoms with Gasteiger partial charge in [-0.1, -0.05) is 67.0 Å². The summed E-state index contributed by atoms with van der Waals surface area (Å²) in [6.45, 7) is 11.1. The van der Waals surface area contributed by atoms with Gasteiger partial charge in [0.2, 0.25) is 0 Å². The van der Waals surface area contributed by atoms with Crippen LogP contribution in [0.25, 0.3) is 0 Å². The molecular weight excluding hydrogens is 322 g/mol. The summed E-state index contributed by atoms with van der Waals surface area (Å²) >= 11 is 3.53.